The van der Waals surface area contributed by atoms with E-state index in [1.54, 1.807) is 0 Å². The number of carboxylic acid groups (broad SMARTS) is 1. The molecule has 0 aromatic rings. The van der Waals surface area contributed by atoms with Gasteiger partial charge in [0.25, 0.3) is 0 Å². The minimum atomic E-state index is -0.736. The molecule has 1 rings (SSSR count). The molecule has 2 unspecified atom stereocenters. The van der Waals surface area contributed by atoms with Crippen LogP contribution in [0.15, 0.2) is 12.7 Å². The van der Waals surface area contributed by atoms with E-state index in [-0.39, 0.29) is 12.5 Å². The number of nitrogens with one attached hydrogen (secondary N) is 1. The molecule has 1 aliphatic heterocycles. The zero-order chi connectivity index (χ0) is 11.3. The van der Waals surface area contributed by atoms with Crippen molar-refractivity contribution in [2.45, 2.75) is 31.8 Å². The van der Waals surface area contributed by atoms with E-state index in [9.17, 15) is 4.79 Å². The Morgan fingerprint density at radius 2 is 2.47 bits per heavy atom. The van der Waals surface area contributed by atoms with Gasteiger partial charge in [-0.2, -0.15) is 0 Å². The van der Waals surface area contributed by atoms with E-state index in [4.69, 9.17) is 5.11 Å². The minimum absolute atomic E-state index is 0.0624. The highest BCUT2D eigenvalue weighted by Gasteiger charge is 2.23. The molecule has 0 aromatic carbocycles. The normalized spacial score (nSPS) is 28.3. The number of carboxylic acids is 1. The van der Waals surface area contributed by atoms with Crippen LogP contribution in [-0.2, 0) is 4.79 Å². The fourth-order valence-corrected chi connectivity index (χ4v) is 1.97. The maximum Gasteiger partial charge on any atom is 0.304 e. The Morgan fingerprint density at radius 3 is 3.07 bits per heavy atom. The van der Waals surface area contributed by atoms with Gasteiger partial charge in [0.05, 0.1) is 6.42 Å². The summed E-state index contributed by atoms with van der Waals surface area (Å²) in [5, 5.41) is 12.0. The van der Waals surface area contributed by atoms with Crippen molar-refractivity contribution >= 4 is 5.97 Å². The summed E-state index contributed by atoms with van der Waals surface area (Å²) in [5.41, 5.74) is 0. The fourth-order valence-electron chi connectivity index (χ4n) is 1.97. The molecule has 1 saturated heterocycles. The fraction of sp³-hybridized carbons (Fsp3) is 0.727. The van der Waals surface area contributed by atoms with Crippen LogP contribution in [0.2, 0.25) is 0 Å². The van der Waals surface area contributed by atoms with Gasteiger partial charge in [0.2, 0.25) is 0 Å². The third-order valence-electron chi connectivity index (χ3n) is 2.86. The topological polar surface area (TPSA) is 52.6 Å². The number of hydrogen-bond acceptors (Lipinski definition) is 3. The molecule has 1 heterocycles. The summed E-state index contributed by atoms with van der Waals surface area (Å²) in [6.45, 7) is 8.42. The third kappa shape index (κ3) is 4.01. The van der Waals surface area contributed by atoms with Crippen molar-refractivity contribution in [3.63, 3.8) is 0 Å². The zero-order valence-electron chi connectivity index (χ0n) is 9.28. The first-order valence-corrected chi connectivity index (χ1v) is 5.43. The van der Waals surface area contributed by atoms with E-state index in [2.05, 4.69) is 23.7 Å². The zero-order valence-corrected chi connectivity index (χ0v) is 9.28. The van der Waals surface area contributed by atoms with E-state index in [0.717, 1.165) is 26.1 Å². The number of carbonyl (C=O) groups is 1. The standard InChI is InChI=1S/C11H20N2O2/c1-3-6-13-8-10(7-11(14)15)12-5-4-9(13)2/h3,9-10,12H,1,4-8H2,2H3,(H,14,15). The highest BCUT2D eigenvalue weighted by molar-refractivity contribution is 5.67. The molecule has 0 aromatic heterocycles. The van der Waals surface area contributed by atoms with Gasteiger partial charge < -0.3 is 10.4 Å². The second-order valence-corrected chi connectivity index (χ2v) is 4.13. The van der Waals surface area contributed by atoms with Crippen molar-refractivity contribution in [2.75, 3.05) is 19.6 Å². The summed E-state index contributed by atoms with van der Waals surface area (Å²) in [5.74, 6) is -0.736. The van der Waals surface area contributed by atoms with Crippen molar-refractivity contribution in [2.24, 2.45) is 0 Å². The molecule has 86 valence electrons. The summed E-state index contributed by atoms with van der Waals surface area (Å²) in [7, 11) is 0. The van der Waals surface area contributed by atoms with Crippen LogP contribution in [-0.4, -0.2) is 47.7 Å². The van der Waals surface area contributed by atoms with Gasteiger partial charge in [-0.25, -0.2) is 0 Å². The lowest BCUT2D eigenvalue weighted by Gasteiger charge is -2.27. The van der Waals surface area contributed by atoms with Crippen LogP contribution in [0.3, 0.4) is 0 Å². The lowest BCUT2D eigenvalue weighted by molar-refractivity contribution is -0.137. The Hall–Kier alpha value is -0.870. The Bertz CT molecular complexity index is 231. The van der Waals surface area contributed by atoms with Crippen molar-refractivity contribution < 1.29 is 9.90 Å². The van der Waals surface area contributed by atoms with Crippen molar-refractivity contribution in [1.82, 2.24) is 10.2 Å². The highest BCUT2D eigenvalue weighted by Crippen LogP contribution is 2.10. The van der Waals surface area contributed by atoms with E-state index in [0.29, 0.717) is 6.04 Å². The predicted molar refractivity (Wildman–Crippen MR) is 59.9 cm³/mol. The second kappa shape index (κ2) is 5.88. The molecule has 1 aliphatic rings. The van der Waals surface area contributed by atoms with E-state index in [1.165, 1.54) is 0 Å². The van der Waals surface area contributed by atoms with E-state index >= 15 is 0 Å². The number of nitrogens with zero attached hydrogens (tertiary/aromatic N) is 1. The van der Waals surface area contributed by atoms with E-state index in [1.807, 2.05) is 6.08 Å². The average molecular weight is 212 g/mol. The first kappa shape index (κ1) is 12.2. The molecule has 0 radical (unpaired) electrons. The summed E-state index contributed by atoms with van der Waals surface area (Å²) < 4.78 is 0. The molecule has 0 saturated carbocycles. The minimum Gasteiger partial charge on any atom is -0.481 e. The summed E-state index contributed by atoms with van der Waals surface area (Å²) >= 11 is 0. The number of hydrogen-bond donors (Lipinski definition) is 2. The summed E-state index contributed by atoms with van der Waals surface area (Å²) in [6, 6.07) is 0.557. The first-order valence-electron chi connectivity index (χ1n) is 5.43. The van der Waals surface area contributed by atoms with Crippen molar-refractivity contribution in [3.8, 4) is 0 Å². The summed E-state index contributed by atoms with van der Waals surface area (Å²) in [6.07, 6.45) is 3.13. The predicted octanol–water partition coefficient (Wildman–Crippen LogP) is 0.700. The van der Waals surface area contributed by atoms with Crippen LogP contribution in [0, 0.1) is 0 Å². The quantitative estimate of drug-likeness (QED) is 0.674. The molecule has 4 nitrogen and oxygen atoms in total. The highest BCUT2D eigenvalue weighted by atomic mass is 16.4. The lowest BCUT2D eigenvalue weighted by Crippen LogP contribution is -2.41. The van der Waals surface area contributed by atoms with Gasteiger partial charge in [0, 0.05) is 25.2 Å². The first-order chi connectivity index (χ1) is 7.13. The maximum atomic E-state index is 10.6. The maximum absolute atomic E-state index is 10.6. The van der Waals surface area contributed by atoms with Gasteiger partial charge in [-0.05, 0) is 19.9 Å². The third-order valence-corrected chi connectivity index (χ3v) is 2.86. The van der Waals surface area contributed by atoms with E-state index < -0.39 is 5.97 Å². The van der Waals surface area contributed by atoms with Crippen LogP contribution in [0.25, 0.3) is 0 Å². The Balaban J connectivity index is 2.54. The van der Waals surface area contributed by atoms with Gasteiger partial charge in [-0.15, -0.1) is 6.58 Å². The molecule has 2 N–H and O–H groups in total. The van der Waals surface area contributed by atoms with Crippen LogP contribution in [0.1, 0.15) is 19.8 Å². The van der Waals surface area contributed by atoms with Gasteiger partial charge in [-0.3, -0.25) is 9.69 Å². The monoisotopic (exact) mass is 212 g/mol. The molecule has 0 spiro atoms. The Morgan fingerprint density at radius 1 is 1.73 bits per heavy atom. The van der Waals surface area contributed by atoms with Crippen LogP contribution in [0.4, 0.5) is 0 Å². The molecule has 2 atom stereocenters. The Labute approximate surface area is 91.0 Å². The van der Waals surface area contributed by atoms with Gasteiger partial charge in [0.1, 0.15) is 0 Å². The number of aliphatic carboxylic acids is 1. The molecular weight excluding hydrogens is 192 g/mol. The van der Waals surface area contributed by atoms with Gasteiger partial charge in [-0.1, -0.05) is 6.08 Å². The SMILES string of the molecule is C=CCN1CC(CC(=O)O)NCCC1C. The molecule has 4 heteroatoms. The second-order valence-electron chi connectivity index (χ2n) is 4.13. The van der Waals surface area contributed by atoms with Crippen molar-refractivity contribution in [3.05, 3.63) is 12.7 Å². The molecule has 0 amide bonds. The van der Waals surface area contributed by atoms with Crippen molar-refractivity contribution in [1.29, 1.82) is 0 Å². The molecule has 0 bridgehead atoms. The average Bonchev–Trinajstić information content (AvgIpc) is 2.29. The molecule has 0 aliphatic carbocycles. The van der Waals surface area contributed by atoms with Crippen LogP contribution in [0.5, 0.6) is 0 Å². The van der Waals surface area contributed by atoms with Crippen LogP contribution < -0.4 is 5.32 Å². The molecular formula is C11H20N2O2. The largest absolute Gasteiger partial charge is 0.481 e. The van der Waals surface area contributed by atoms with Gasteiger partial charge in [0.15, 0.2) is 0 Å². The van der Waals surface area contributed by atoms with Crippen LogP contribution >= 0.6 is 0 Å². The smallest absolute Gasteiger partial charge is 0.304 e. The summed E-state index contributed by atoms with van der Waals surface area (Å²) in [4.78, 5) is 12.9. The molecule has 15 heavy (non-hydrogen) atoms. The van der Waals surface area contributed by atoms with Gasteiger partial charge >= 0.3 is 5.97 Å². The number of rotatable bonds is 4. The lowest BCUT2D eigenvalue weighted by atomic mass is 10.2. The Kier molecular flexibility index (Phi) is 4.78. The molecule has 1 fully saturated rings.